The van der Waals surface area contributed by atoms with Gasteiger partial charge < -0.3 is 4.43 Å². The van der Waals surface area contributed by atoms with Crippen LogP contribution < -0.4 is 5.19 Å². The Morgan fingerprint density at radius 3 is 2.32 bits per heavy atom. The lowest BCUT2D eigenvalue weighted by molar-refractivity contribution is 0.212. The van der Waals surface area contributed by atoms with Crippen molar-refractivity contribution in [3.05, 3.63) is 29.8 Å². The van der Waals surface area contributed by atoms with E-state index >= 15 is 0 Å². The molecule has 1 nitrogen and oxygen atoms in total. The van der Waals surface area contributed by atoms with Crippen molar-refractivity contribution in [1.82, 2.24) is 0 Å². The van der Waals surface area contributed by atoms with Gasteiger partial charge >= 0.3 is 0 Å². The fraction of sp³-hybridized carbons (Fsp3) is 0.647. The second kappa shape index (κ2) is 9.32. The van der Waals surface area contributed by atoms with Gasteiger partial charge in [0.2, 0.25) is 9.04 Å². The van der Waals surface area contributed by atoms with Crippen molar-refractivity contribution in [1.29, 1.82) is 0 Å². The van der Waals surface area contributed by atoms with Crippen LogP contribution in [0.15, 0.2) is 24.3 Å². The average molecular weight is 278 g/mol. The molecular weight excluding hydrogens is 248 g/mol. The molecule has 0 fully saturated rings. The van der Waals surface area contributed by atoms with Gasteiger partial charge in [-0.2, -0.15) is 0 Å². The first-order valence-corrected chi connectivity index (χ1v) is 9.67. The van der Waals surface area contributed by atoms with Crippen LogP contribution >= 0.6 is 0 Å². The largest absolute Gasteiger partial charge is 0.409 e. The predicted octanol–water partition coefficient (Wildman–Crippen LogP) is 4.45. The zero-order valence-electron chi connectivity index (χ0n) is 13.0. The van der Waals surface area contributed by atoms with Gasteiger partial charge in [-0.25, -0.2) is 0 Å². The summed E-state index contributed by atoms with van der Waals surface area (Å²) in [6.07, 6.45) is 8.04. The highest BCUT2D eigenvalue weighted by Gasteiger charge is 2.13. The fourth-order valence-corrected chi connectivity index (χ4v) is 3.76. The molecule has 0 N–H and O–H groups in total. The van der Waals surface area contributed by atoms with Crippen molar-refractivity contribution >= 4 is 14.2 Å². The second-order valence-electron chi connectivity index (χ2n) is 5.38. The first kappa shape index (κ1) is 16.5. The van der Waals surface area contributed by atoms with E-state index in [4.69, 9.17) is 4.43 Å². The Morgan fingerprint density at radius 1 is 1.05 bits per heavy atom. The third-order valence-electron chi connectivity index (χ3n) is 3.61. The van der Waals surface area contributed by atoms with Crippen molar-refractivity contribution in [3.63, 3.8) is 0 Å². The van der Waals surface area contributed by atoms with Gasteiger partial charge in [-0.05, 0) is 37.1 Å². The molecule has 1 radical (unpaired) electrons. The van der Waals surface area contributed by atoms with E-state index in [-0.39, 0.29) is 0 Å². The summed E-state index contributed by atoms with van der Waals surface area (Å²) in [7, 11) is -0.833. The van der Waals surface area contributed by atoms with Crippen LogP contribution in [-0.4, -0.2) is 15.1 Å². The number of hydrogen-bond acceptors (Lipinski definition) is 1. The number of benzene rings is 1. The van der Waals surface area contributed by atoms with E-state index in [1.54, 1.807) is 0 Å². The molecule has 0 bridgehead atoms. The molecule has 0 aliphatic rings. The summed E-state index contributed by atoms with van der Waals surface area (Å²) in [5.41, 5.74) is 1.41. The Bertz CT molecular complexity index is 334. The van der Waals surface area contributed by atoms with Crippen LogP contribution in [0.25, 0.3) is 0 Å². The summed E-state index contributed by atoms with van der Waals surface area (Å²) < 4.78 is 6.19. The van der Waals surface area contributed by atoms with Crippen LogP contribution in [-0.2, 0) is 10.8 Å². The molecule has 0 amide bonds. The molecule has 0 saturated carbocycles. The van der Waals surface area contributed by atoms with Gasteiger partial charge in [0, 0.05) is 6.10 Å². The van der Waals surface area contributed by atoms with Crippen LogP contribution in [0.4, 0.5) is 0 Å². The highest BCUT2D eigenvalue weighted by molar-refractivity contribution is 6.66. The minimum absolute atomic E-state index is 0.404. The Morgan fingerprint density at radius 2 is 1.74 bits per heavy atom. The maximum absolute atomic E-state index is 6.19. The van der Waals surface area contributed by atoms with E-state index < -0.39 is 9.04 Å². The van der Waals surface area contributed by atoms with E-state index in [0.717, 1.165) is 6.42 Å². The van der Waals surface area contributed by atoms with Gasteiger partial charge in [0.05, 0.1) is 0 Å². The molecule has 1 atom stereocenters. The summed E-state index contributed by atoms with van der Waals surface area (Å²) in [6.45, 7) is 8.93. The zero-order chi connectivity index (χ0) is 14.1. The van der Waals surface area contributed by atoms with Gasteiger partial charge in [0.25, 0.3) is 0 Å². The van der Waals surface area contributed by atoms with Crippen LogP contribution in [0.3, 0.4) is 0 Å². The lowest BCUT2D eigenvalue weighted by atomic mass is 10.1. The Labute approximate surface area is 121 Å². The van der Waals surface area contributed by atoms with Crippen molar-refractivity contribution in [3.8, 4) is 0 Å². The first-order chi connectivity index (χ1) is 9.17. The molecule has 0 heterocycles. The van der Waals surface area contributed by atoms with E-state index in [1.165, 1.54) is 42.9 Å². The van der Waals surface area contributed by atoms with E-state index in [1.807, 2.05) is 0 Å². The van der Waals surface area contributed by atoms with Crippen molar-refractivity contribution < 1.29 is 4.43 Å². The first-order valence-electron chi connectivity index (χ1n) is 7.76. The van der Waals surface area contributed by atoms with Crippen molar-refractivity contribution in [2.24, 2.45) is 0 Å². The molecule has 19 heavy (non-hydrogen) atoms. The van der Waals surface area contributed by atoms with E-state index in [9.17, 15) is 0 Å². The highest BCUT2D eigenvalue weighted by atomic mass is 28.3. The van der Waals surface area contributed by atoms with Gasteiger partial charge in [0.15, 0.2) is 0 Å². The summed E-state index contributed by atoms with van der Waals surface area (Å²) >= 11 is 0. The van der Waals surface area contributed by atoms with Crippen LogP contribution in [0.2, 0.25) is 6.55 Å². The van der Waals surface area contributed by atoms with Crippen LogP contribution in [0.1, 0.15) is 58.4 Å². The number of rotatable bonds is 9. The minimum atomic E-state index is -0.833. The quantitative estimate of drug-likeness (QED) is 0.478. The SMILES string of the molecule is CCCCCCC(C)O[Si](C)c1ccc(CC)cc1. The maximum Gasteiger partial charge on any atom is 0.243 e. The summed E-state index contributed by atoms with van der Waals surface area (Å²) in [6, 6.07) is 8.96. The highest BCUT2D eigenvalue weighted by Crippen LogP contribution is 2.09. The zero-order valence-corrected chi connectivity index (χ0v) is 14.0. The van der Waals surface area contributed by atoms with E-state index in [2.05, 4.69) is 51.6 Å². The van der Waals surface area contributed by atoms with Gasteiger partial charge in [-0.15, -0.1) is 0 Å². The minimum Gasteiger partial charge on any atom is -0.409 e. The third kappa shape index (κ3) is 6.39. The van der Waals surface area contributed by atoms with Crippen molar-refractivity contribution in [2.45, 2.75) is 71.9 Å². The Kier molecular flexibility index (Phi) is 8.07. The molecule has 107 valence electrons. The summed E-state index contributed by atoms with van der Waals surface area (Å²) in [5.74, 6) is 0. The van der Waals surface area contributed by atoms with Gasteiger partial charge in [-0.3, -0.25) is 0 Å². The third-order valence-corrected chi connectivity index (χ3v) is 5.51. The predicted molar refractivity (Wildman–Crippen MR) is 86.4 cm³/mol. The monoisotopic (exact) mass is 277 g/mol. The number of unbranched alkanes of at least 4 members (excludes halogenated alkanes) is 3. The molecule has 1 rings (SSSR count). The molecule has 0 aliphatic carbocycles. The van der Waals surface area contributed by atoms with Crippen LogP contribution in [0, 0.1) is 0 Å². The molecule has 0 aromatic heterocycles. The van der Waals surface area contributed by atoms with Crippen LogP contribution in [0.5, 0.6) is 0 Å². The number of hydrogen-bond donors (Lipinski definition) is 0. The standard InChI is InChI=1S/C17H29OSi/c1-5-7-8-9-10-15(3)18-19(4)17-13-11-16(6-2)12-14-17/h11-15H,5-10H2,1-4H3. The van der Waals surface area contributed by atoms with Gasteiger partial charge in [-0.1, -0.05) is 63.8 Å². The number of aryl methyl sites for hydroxylation is 1. The van der Waals surface area contributed by atoms with E-state index in [0.29, 0.717) is 6.10 Å². The molecule has 1 aromatic carbocycles. The maximum atomic E-state index is 6.19. The molecule has 0 spiro atoms. The van der Waals surface area contributed by atoms with Crippen molar-refractivity contribution in [2.75, 3.05) is 0 Å². The molecule has 2 heteroatoms. The Hall–Kier alpha value is -0.603. The lowest BCUT2D eigenvalue weighted by Crippen LogP contribution is -2.33. The summed E-state index contributed by atoms with van der Waals surface area (Å²) in [5, 5.41) is 1.39. The fourth-order valence-electron chi connectivity index (χ4n) is 2.26. The topological polar surface area (TPSA) is 9.23 Å². The molecule has 1 aromatic rings. The lowest BCUT2D eigenvalue weighted by Gasteiger charge is -2.18. The average Bonchev–Trinajstić information content (AvgIpc) is 2.43. The second-order valence-corrected chi connectivity index (χ2v) is 7.31. The smallest absolute Gasteiger partial charge is 0.243 e. The normalized spacial score (nSPS) is 12.9. The summed E-state index contributed by atoms with van der Waals surface area (Å²) in [4.78, 5) is 0. The molecule has 0 saturated heterocycles. The molecule has 1 unspecified atom stereocenters. The molecule has 0 aliphatic heterocycles. The molecular formula is C17H29OSi. The van der Waals surface area contributed by atoms with Gasteiger partial charge in [0.1, 0.15) is 0 Å². The Balaban J connectivity index is 2.33.